The van der Waals surface area contributed by atoms with Crippen molar-refractivity contribution < 1.29 is 17.2 Å². The maximum absolute atomic E-state index is 13.8. The van der Waals surface area contributed by atoms with E-state index in [9.17, 15) is 17.2 Å². The van der Waals surface area contributed by atoms with Crippen molar-refractivity contribution in [2.45, 2.75) is 4.90 Å². The van der Waals surface area contributed by atoms with Gasteiger partial charge in [-0.2, -0.15) is 0 Å². The zero-order valence-corrected chi connectivity index (χ0v) is 14.9. The molecule has 0 atom stereocenters. The molecule has 0 bridgehead atoms. The van der Waals surface area contributed by atoms with Crippen LogP contribution in [0.2, 0.25) is 0 Å². The Bertz CT molecular complexity index is 992. The number of nitrogens with zero attached hydrogens (tertiary/aromatic N) is 1. The third-order valence-corrected chi connectivity index (χ3v) is 4.83. The Labute approximate surface area is 153 Å². The summed E-state index contributed by atoms with van der Waals surface area (Å²) in [5.74, 6) is -1.34. The second kappa shape index (κ2) is 7.44. The highest BCUT2D eigenvalue weighted by Gasteiger charge is 2.11. The average Bonchev–Trinajstić information content (AvgIpc) is 2.95. The van der Waals surface area contributed by atoms with Crippen molar-refractivity contribution in [3.05, 3.63) is 59.5 Å². The lowest BCUT2D eigenvalue weighted by molar-refractivity contribution is 0.585. The number of hydrogen-bond acceptors (Lipinski definition) is 5. The van der Waals surface area contributed by atoms with Gasteiger partial charge < -0.3 is 5.32 Å². The van der Waals surface area contributed by atoms with E-state index in [0.29, 0.717) is 16.5 Å². The van der Waals surface area contributed by atoms with Crippen LogP contribution in [0.25, 0.3) is 11.3 Å². The first-order valence-electron chi connectivity index (χ1n) is 6.64. The number of primary sulfonamides is 1. The van der Waals surface area contributed by atoms with Gasteiger partial charge in [-0.3, -0.25) is 0 Å². The van der Waals surface area contributed by atoms with E-state index in [1.54, 1.807) is 17.5 Å². The summed E-state index contributed by atoms with van der Waals surface area (Å²) in [5.41, 5.74) is 1.18. The maximum atomic E-state index is 13.8. The molecule has 0 fully saturated rings. The highest BCUT2D eigenvalue weighted by atomic mass is 35.5. The molecule has 132 valence electrons. The summed E-state index contributed by atoms with van der Waals surface area (Å²) in [7, 11) is -3.75. The summed E-state index contributed by atoms with van der Waals surface area (Å²) in [5, 5.41) is 10.1. The van der Waals surface area contributed by atoms with Gasteiger partial charge in [0.15, 0.2) is 5.13 Å². The number of anilines is 2. The Morgan fingerprint density at radius 1 is 1.08 bits per heavy atom. The quantitative estimate of drug-likeness (QED) is 0.691. The Morgan fingerprint density at radius 3 is 2.36 bits per heavy atom. The molecule has 5 nitrogen and oxygen atoms in total. The number of aromatic nitrogens is 1. The van der Waals surface area contributed by atoms with Crippen molar-refractivity contribution in [3.63, 3.8) is 0 Å². The smallest absolute Gasteiger partial charge is 0.238 e. The molecule has 0 spiro atoms. The summed E-state index contributed by atoms with van der Waals surface area (Å²) in [6, 6.07) is 9.10. The lowest BCUT2D eigenvalue weighted by Gasteiger charge is -2.04. The number of nitrogens with one attached hydrogen (secondary N) is 1. The molecular formula is C15H12ClF2N3O2S2. The van der Waals surface area contributed by atoms with Crippen LogP contribution in [-0.4, -0.2) is 13.4 Å². The standard InChI is InChI=1S/C15H11F2N3O2S2.ClH/c16-9-1-6-12(13(17)7-9)14-8-23-15(20-14)19-10-2-4-11(5-3-10)24(18,21)22;/h1-8H,(H,19,20)(H2,18,21,22);1H. The normalized spacial score (nSPS) is 11.0. The zero-order chi connectivity index (χ0) is 17.3. The van der Waals surface area contributed by atoms with Gasteiger partial charge in [0.2, 0.25) is 10.0 Å². The fourth-order valence-electron chi connectivity index (χ4n) is 2.00. The predicted octanol–water partition coefficient (Wildman–Crippen LogP) is 3.90. The van der Waals surface area contributed by atoms with Gasteiger partial charge in [-0.25, -0.2) is 27.3 Å². The fraction of sp³-hybridized carbons (Fsp3) is 0. The van der Waals surface area contributed by atoms with Gasteiger partial charge in [0, 0.05) is 22.7 Å². The van der Waals surface area contributed by atoms with Crippen LogP contribution in [0, 0.1) is 11.6 Å². The molecule has 10 heteroatoms. The third-order valence-electron chi connectivity index (χ3n) is 3.15. The number of hydrogen-bond donors (Lipinski definition) is 2. The topological polar surface area (TPSA) is 85.1 Å². The number of benzene rings is 2. The second-order valence-corrected chi connectivity index (χ2v) is 7.28. The fourth-order valence-corrected chi connectivity index (χ4v) is 3.25. The van der Waals surface area contributed by atoms with Crippen LogP contribution in [0.15, 0.2) is 52.7 Å². The summed E-state index contributed by atoms with van der Waals surface area (Å²) < 4.78 is 49.1. The highest BCUT2D eigenvalue weighted by molar-refractivity contribution is 7.89. The molecule has 0 aliphatic heterocycles. The number of nitrogens with two attached hydrogens (primary N) is 1. The van der Waals surface area contributed by atoms with Crippen molar-refractivity contribution in [1.29, 1.82) is 0 Å². The Kier molecular flexibility index (Phi) is 5.73. The van der Waals surface area contributed by atoms with E-state index in [0.717, 1.165) is 12.1 Å². The third kappa shape index (κ3) is 4.51. The minimum Gasteiger partial charge on any atom is -0.332 e. The first-order valence-corrected chi connectivity index (χ1v) is 9.06. The molecule has 3 N–H and O–H groups in total. The van der Waals surface area contributed by atoms with Crippen molar-refractivity contribution in [2.75, 3.05) is 5.32 Å². The Hall–Kier alpha value is -2.07. The zero-order valence-electron chi connectivity index (χ0n) is 12.4. The van der Waals surface area contributed by atoms with Crippen molar-refractivity contribution in [3.8, 4) is 11.3 Å². The molecule has 0 amide bonds. The molecule has 3 aromatic rings. The molecule has 1 aromatic heterocycles. The van der Waals surface area contributed by atoms with E-state index >= 15 is 0 Å². The van der Waals surface area contributed by atoms with Crippen LogP contribution in [-0.2, 0) is 10.0 Å². The van der Waals surface area contributed by atoms with Gasteiger partial charge in [-0.1, -0.05) is 0 Å². The lowest BCUT2D eigenvalue weighted by atomic mass is 10.1. The monoisotopic (exact) mass is 403 g/mol. The molecule has 0 aliphatic rings. The molecule has 0 radical (unpaired) electrons. The summed E-state index contributed by atoms with van der Waals surface area (Å²) >= 11 is 1.24. The molecule has 3 rings (SSSR count). The Morgan fingerprint density at radius 2 is 1.76 bits per heavy atom. The van der Waals surface area contributed by atoms with Crippen LogP contribution < -0.4 is 10.5 Å². The molecule has 0 saturated carbocycles. The molecule has 1 heterocycles. The number of rotatable bonds is 4. The van der Waals surface area contributed by atoms with E-state index < -0.39 is 21.7 Å². The lowest BCUT2D eigenvalue weighted by Crippen LogP contribution is -2.11. The van der Waals surface area contributed by atoms with Crippen LogP contribution in [0.4, 0.5) is 19.6 Å². The van der Waals surface area contributed by atoms with E-state index in [-0.39, 0.29) is 22.9 Å². The molecule has 0 saturated heterocycles. The molecule has 2 aromatic carbocycles. The summed E-state index contributed by atoms with van der Waals surface area (Å²) in [6.07, 6.45) is 0. The Balaban J connectivity index is 0.00000225. The minimum absolute atomic E-state index is 0. The molecule has 0 aliphatic carbocycles. The minimum atomic E-state index is -3.75. The molecular weight excluding hydrogens is 392 g/mol. The van der Waals surface area contributed by atoms with E-state index in [2.05, 4.69) is 10.3 Å². The van der Waals surface area contributed by atoms with E-state index in [4.69, 9.17) is 5.14 Å². The number of sulfonamides is 1. The van der Waals surface area contributed by atoms with Gasteiger partial charge in [0.05, 0.1) is 10.6 Å². The second-order valence-electron chi connectivity index (χ2n) is 4.86. The molecule has 25 heavy (non-hydrogen) atoms. The largest absolute Gasteiger partial charge is 0.332 e. The predicted molar refractivity (Wildman–Crippen MR) is 95.8 cm³/mol. The van der Waals surface area contributed by atoms with Crippen LogP contribution in [0.1, 0.15) is 0 Å². The first-order chi connectivity index (χ1) is 11.3. The van der Waals surface area contributed by atoms with Gasteiger partial charge >= 0.3 is 0 Å². The van der Waals surface area contributed by atoms with Gasteiger partial charge in [-0.15, -0.1) is 23.7 Å². The van der Waals surface area contributed by atoms with E-state index in [1.807, 2.05) is 0 Å². The van der Waals surface area contributed by atoms with Crippen molar-refractivity contribution in [2.24, 2.45) is 5.14 Å². The van der Waals surface area contributed by atoms with Crippen LogP contribution >= 0.6 is 23.7 Å². The van der Waals surface area contributed by atoms with Crippen molar-refractivity contribution >= 4 is 44.6 Å². The maximum Gasteiger partial charge on any atom is 0.238 e. The van der Waals surface area contributed by atoms with E-state index in [1.165, 1.54) is 29.5 Å². The van der Waals surface area contributed by atoms with Crippen LogP contribution in [0.5, 0.6) is 0 Å². The first kappa shape index (κ1) is 19.3. The number of halogens is 3. The van der Waals surface area contributed by atoms with Gasteiger partial charge in [-0.05, 0) is 36.4 Å². The van der Waals surface area contributed by atoms with Crippen LogP contribution in [0.3, 0.4) is 0 Å². The van der Waals surface area contributed by atoms with Gasteiger partial charge in [0.1, 0.15) is 11.6 Å². The van der Waals surface area contributed by atoms with Gasteiger partial charge in [0.25, 0.3) is 0 Å². The summed E-state index contributed by atoms with van der Waals surface area (Å²) in [4.78, 5) is 4.24. The van der Waals surface area contributed by atoms with Crippen molar-refractivity contribution in [1.82, 2.24) is 4.98 Å². The highest BCUT2D eigenvalue weighted by Crippen LogP contribution is 2.29. The molecule has 0 unspecified atom stereocenters. The number of thiazole rings is 1. The summed E-state index contributed by atoms with van der Waals surface area (Å²) in [6.45, 7) is 0. The SMILES string of the molecule is Cl.NS(=O)(=O)c1ccc(Nc2nc(-c3ccc(F)cc3F)cs2)cc1. The average molecular weight is 404 g/mol.